The molecule has 1 fully saturated rings. The van der Waals surface area contributed by atoms with Gasteiger partial charge in [0.05, 0.1) is 23.4 Å². The van der Waals surface area contributed by atoms with Crippen LogP contribution in [0.5, 0.6) is 5.75 Å². The van der Waals surface area contributed by atoms with E-state index in [0.717, 1.165) is 32.5 Å². The van der Waals surface area contributed by atoms with E-state index in [1.54, 1.807) is 6.07 Å². The Balaban J connectivity index is 1.85. The van der Waals surface area contributed by atoms with E-state index >= 15 is 0 Å². The molecule has 1 amide bonds. The highest BCUT2D eigenvalue weighted by Crippen LogP contribution is 2.28. The van der Waals surface area contributed by atoms with Gasteiger partial charge in [0.15, 0.2) is 0 Å². The van der Waals surface area contributed by atoms with E-state index in [9.17, 15) is 4.79 Å². The van der Waals surface area contributed by atoms with Gasteiger partial charge in [0.2, 0.25) is 0 Å². The number of likely N-dealkylation sites (tertiary alicyclic amines) is 1. The fourth-order valence-electron chi connectivity index (χ4n) is 2.73. The number of nitrogens with one attached hydrogen (secondary N) is 1. The normalized spacial score (nSPS) is 16.3. The number of methoxy groups -OCH3 is 1. The molecule has 7 heteroatoms. The first-order valence-corrected chi connectivity index (χ1v) is 8.17. The van der Waals surface area contributed by atoms with Crippen molar-refractivity contribution >= 4 is 23.2 Å². The lowest BCUT2D eigenvalue weighted by Crippen LogP contribution is -2.40. The number of halogens is 1. The minimum absolute atomic E-state index is 0.228. The molecule has 0 unspecified atom stereocenters. The van der Waals surface area contributed by atoms with Crippen molar-refractivity contribution in [2.45, 2.75) is 12.8 Å². The van der Waals surface area contributed by atoms with Crippen molar-refractivity contribution in [2.24, 2.45) is 5.92 Å². The molecule has 1 heterocycles. The largest absolute Gasteiger partial charge is 0.496 e. The van der Waals surface area contributed by atoms with Gasteiger partial charge >= 0.3 is 0 Å². The fourth-order valence-corrected chi connectivity index (χ4v) is 2.89. The van der Waals surface area contributed by atoms with E-state index in [-0.39, 0.29) is 12.5 Å². The Morgan fingerprint density at radius 1 is 1.48 bits per heavy atom. The van der Waals surface area contributed by atoms with Crippen molar-refractivity contribution in [3.63, 3.8) is 0 Å². The number of hydrogen-bond donors (Lipinski definition) is 3. The SMILES string of the molecule is COc1cc(N)c(Cl)cc1C(=O)NCCN1CCC(CO)CC1. The van der Waals surface area contributed by atoms with Gasteiger partial charge in [0.25, 0.3) is 5.91 Å². The zero-order chi connectivity index (χ0) is 16.8. The van der Waals surface area contributed by atoms with Gasteiger partial charge in [-0.15, -0.1) is 0 Å². The highest BCUT2D eigenvalue weighted by Gasteiger charge is 2.19. The standard InChI is InChI=1S/C16H24ClN3O3/c1-23-15-9-14(18)13(17)8-12(15)16(22)19-4-7-20-5-2-11(10-21)3-6-20/h8-9,11,21H,2-7,10,18H2,1H3,(H,19,22). The summed E-state index contributed by atoms with van der Waals surface area (Å²) in [4.78, 5) is 14.6. The molecule has 4 N–H and O–H groups in total. The number of aliphatic hydroxyl groups is 1. The average Bonchev–Trinajstić information content (AvgIpc) is 2.57. The molecule has 1 aromatic rings. The summed E-state index contributed by atoms with van der Waals surface area (Å²) >= 11 is 5.98. The Hall–Kier alpha value is -1.50. The van der Waals surface area contributed by atoms with E-state index < -0.39 is 0 Å². The number of piperidine rings is 1. The molecule has 0 aromatic heterocycles. The molecule has 2 rings (SSSR count). The number of nitrogens with two attached hydrogens (primary N) is 1. The quantitative estimate of drug-likeness (QED) is 0.680. The molecule has 6 nitrogen and oxygen atoms in total. The van der Waals surface area contributed by atoms with Crippen LogP contribution in [-0.2, 0) is 0 Å². The number of amides is 1. The molecule has 0 atom stereocenters. The fraction of sp³-hybridized carbons (Fsp3) is 0.562. The van der Waals surface area contributed by atoms with Crippen LogP contribution in [0.2, 0.25) is 5.02 Å². The molecule has 1 aliphatic rings. The number of anilines is 1. The summed E-state index contributed by atoms with van der Waals surface area (Å²) in [5.74, 6) is 0.601. The first-order chi connectivity index (χ1) is 11.0. The van der Waals surface area contributed by atoms with E-state index in [2.05, 4.69) is 10.2 Å². The van der Waals surface area contributed by atoms with Crippen LogP contribution in [0.15, 0.2) is 12.1 Å². The summed E-state index contributed by atoms with van der Waals surface area (Å²) in [6, 6.07) is 3.08. The van der Waals surface area contributed by atoms with Crippen molar-refractivity contribution in [1.82, 2.24) is 10.2 Å². The number of aliphatic hydroxyl groups excluding tert-OH is 1. The molecule has 0 spiro atoms. The first kappa shape index (κ1) is 17.8. The van der Waals surface area contributed by atoms with Gasteiger partial charge in [-0.3, -0.25) is 4.79 Å². The number of ether oxygens (including phenoxy) is 1. The van der Waals surface area contributed by atoms with Crippen LogP contribution in [0.3, 0.4) is 0 Å². The van der Waals surface area contributed by atoms with E-state index in [1.807, 2.05) is 0 Å². The van der Waals surface area contributed by atoms with Crippen molar-refractivity contribution in [3.8, 4) is 5.75 Å². The van der Waals surface area contributed by atoms with Crippen molar-refractivity contribution < 1.29 is 14.6 Å². The highest BCUT2D eigenvalue weighted by atomic mass is 35.5. The molecule has 0 radical (unpaired) electrons. The van der Waals surface area contributed by atoms with Gasteiger partial charge < -0.3 is 25.8 Å². The van der Waals surface area contributed by atoms with Crippen LogP contribution in [0.25, 0.3) is 0 Å². The number of carbonyl (C=O) groups excluding carboxylic acids is 1. The number of carbonyl (C=O) groups is 1. The van der Waals surface area contributed by atoms with Crippen molar-refractivity contribution in [2.75, 3.05) is 45.6 Å². The predicted octanol–water partition coefficient (Wildman–Crippen LogP) is 1.36. The van der Waals surface area contributed by atoms with Gasteiger partial charge in [-0.05, 0) is 37.9 Å². The van der Waals surface area contributed by atoms with E-state index in [0.29, 0.717) is 34.5 Å². The van der Waals surface area contributed by atoms with Gasteiger partial charge in [-0.25, -0.2) is 0 Å². The lowest BCUT2D eigenvalue weighted by Gasteiger charge is -2.30. The minimum Gasteiger partial charge on any atom is -0.496 e. The summed E-state index contributed by atoms with van der Waals surface area (Å²) < 4.78 is 5.19. The predicted molar refractivity (Wildman–Crippen MR) is 91.0 cm³/mol. The third-order valence-electron chi connectivity index (χ3n) is 4.24. The van der Waals surface area contributed by atoms with Crippen LogP contribution in [0.4, 0.5) is 5.69 Å². The number of rotatable bonds is 6. The Kier molecular flexibility index (Phi) is 6.50. The maximum absolute atomic E-state index is 12.3. The smallest absolute Gasteiger partial charge is 0.255 e. The van der Waals surface area contributed by atoms with Gasteiger partial charge in [-0.1, -0.05) is 11.6 Å². The maximum atomic E-state index is 12.3. The Morgan fingerprint density at radius 2 is 2.17 bits per heavy atom. The zero-order valence-electron chi connectivity index (χ0n) is 13.3. The lowest BCUT2D eigenvalue weighted by molar-refractivity contribution is 0.0936. The van der Waals surface area contributed by atoms with Crippen LogP contribution < -0.4 is 15.8 Å². The second-order valence-electron chi connectivity index (χ2n) is 5.80. The van der Waals surface area contributed by atoms with E-state index in [1.165, 1.54) is 13.2 Å². The summed E-state index contributed by atoms with van der Waals surface area (Å²) in [5.41, 5.74) is 6.48. The molecule has 0 saturated carbocycles. The van der Waals surface area contributed by atoms with E-state index in [4.69, 9.17) is 27.2 Å². The summed E-state index contributed by atoms with van der Waals surface area (Å²) in [6.07, 6.45) is 2.01. The minimum atomic E-state index is -0.228. The summed E-state index contributed by atoms with van der Waals surface area (Å²) in [5, 5.41) is 12.4. The molecular weight excluding hydrogens is 318 g/mol. The first-order valence-electron chi connectivity index (χ1n) is 7.79. The summed E-state index contributed by atoms with van der Waals surface area (Å²) in [6.45, 7) is 3.52. The van der Waals surface area contributed by atoms with Gasteiger partial charge in [0, 0.05) is 25.8 Å². The number of benzene rings is 1. The second-order valence-corrected chi connectivity index (χ2v) is 6.20. The Morgan fingerprint density at radius 3 is 2.78 bits per heavy atom. The van der Waals surface area contributed by atoms with Crippen molar-refractivity contribution in [1.29, 1.82) is 0 Å². The van der Waals surface area contributed by atoms with Crippen LogP contribution >= 0.6 is 11.6 Å². The number of hydrogen-bond acceptors (Lipinski definition) is 5. The zero-order valence-corrected chi connectivity index (χ0v) is 14.1. The van der Waals surface area contributed by atoms with Crippen LogP contribution in [0.1, 0.15) is 23.2 Å². The second kappa shape index (κ2) is 8.38. The third-order valence-corrected chi connectivity index (χ3v) is 4.57. The maximum Gasteiger partial charge on any atom is 0.255 e. The molecule has 128 valence electrons. The molecule has 1 saturated heterocycles. The Labute approximate surface area is 141 Å². The van der Waals surface area contributed by atoms with Crippen molar-refractivity contribution in [3.05, 3.63) is 22.7 Å². The molecule has 23 heavy (non-hydrogen) atoms. The topological polar surface area (TPSA) is 87.8 Å². The highest BCUT2D eigenvalue weighted by molar-refractivity contribution is 6.33. The third kappa shape index (κ3) is 4.73. The van der Waals surface area contributed by atoms with Crippen LogP contribution in [-0.4, -0.2) is 55.8 Å². The number of nitrogen functional groups attached to an aromatic ring is 1. The molecular formula is C16H24ClN3O3. The average molecular weight is 342 g/mol. The van der Waals surface area contributed by atoms with Crippen LogP contribution in [0, 0.1) is 5.92 Å². The molecule has 0 aliphatic carbocycles. The Bertz CT molecular complexity index is 546. The monoisotopic (exact) mass is 341 g/mol. The summed E-state index contributed by atoms with van der Waals surface area (Å²) in [7, 11) is 1.49. The number of nitrogens with zero attached hydrogens (tertiary/aromatic N) is 1. The lowest BCUT2D eigenvalue weighted by atomic mass is 9.98. The van der Waals surface area contributed by atoms with Gasteiger partial charge in [-0.2, -0.15) is 0 Å². The van der Waals surface area contributed by atoms with Gasteiger partial charge in [0.1, 0.15) is 5.75 Å². The molecule has 0 bridgehead atoms. The molecule has 1 aromatic carbocycles. The molecule has 1 aliphatic heterocycles.